The van der Waals surface area contributed by atoms with Crippen LogP contribution >= 0.6 is 0 Å². The van der Waals surface area contributed by atoms with Crippen molar-refractivity contribution < 1.29 is 14.7 Å². The van der Waals surface area contributed by atoms with Crippen molar-refractivity contribution in [3.63, 3.8) is 0 Å². The molecule has 5 heteroatoms. The van der Waals surface area contributed by atoms with Crippen LogP contribution in [0.1, 0.15) is 36.5 Å². The van der Waals surface area contributed by atoms with Gasteiger partial charge < -0.3 is 15.3 Å². The van der Waals surface area contributed by atoms with Gasteiger partial charge in [0.05, 0.1) is 6.10 Å². The molecule has 2 rings (SSSR count). The molecule has 120 valence electrons. The van der Waals surface area contributed by atoms with E-state index < -0.39 is 6.10 Å². The largest absolute Gasteiger partial charge is 0.391 e. The number of hydrogen-bond acceptors (Lipinski definition) is 3. The lowest BCUT2D eigenvalue weighted by molar-refractivity contribution is -0.131. The molecule has 5 nitrogen and oxygen atoms in total. The van der Waals surface area contributed by atoms with Gasteiger partial charge >= 0.3 is 0 Å². The van der Waals surface area contributed by atoms with E-state index in [2.05, 4.69) is 5.32 Å². The molecule has 1 aromatic carbocycles. The molecule has 0 radical (unpaired) electrons. The van der Waals surface area contributed by atoms with Crippen molar-refractivity contribution in [1.29, 1.82) is 0 Å². The summed E-state index contributed by atoms with van der Waals surface area (Å²) in [6.07, 6.45) is 1.90. The van der Waals surface area contributed by atoms with Gasteiger partial charge in [-0.05, 0) is 37.8 Å². The van der Waals surface area contributed by atoms with Gasteiger partial charge in [0.15, 0.2) is 0 Å². The monoisotopic (exact) mass is 304 g/mol. The predicted octanol–water partition coefficient (Wildman–Crippen LogP) is 1.42. The molecule has 1 aliphatic rings. The van der Waals surface area contributed by atoms with Gasteiger partial charge in [0.1, 0.15) is 0 Å². The Bertz CT molecular complexity index is 514. The maximum atomic E-state index is 12.1. The summed E-state index contributed by atoms with van der Waals surface area (Å²) < 4.78 is 0. The van der Waals surface area contributed by atoms with Gasteiger partial charge in [-0.15, -0.1) is 0 Å². The molecule has 2 amide bonds. The minimum absolute atomic E-state index is 0.0689. The summed E-state index contributed by atoms with van der Waals surface area (Å²) in [4.78, 5) is 25.7. The molecule has 2 unspecified atom stereocenters. The summed E-state index contributed by atoms with van der Waals surface area (Å²) in [6, 6.07) is 8.68. The Balaban J connectivity index is 1.76. The minimum atomic E-state index is -0.428. The highest BCUT2D eigenvalue weighted by atomic mass is 16.3. The Morgan fingerprint density at radius 1 is 1.32 bits per heavy atom. The Labute approximate surface area is 131 Å². The first-order chi connectivity index (χ1) is 10.5. The zero-order valence-electron chi connectivity index (χ0n) is 13.2. The smallest absolute Gasteiger partial charge is 0.251 e. The molecule has 0 spiro atoms. The summed E-state index contributed by atoms with van der Waals surface area (Å²) in [6.45, 7) is 2.17. The third-order valence-corrected chi connectivity index (χ3v) is 3.95. The molecule has 0 bridgehead atoms. The molecule has 22 heavy (non-hydrogen) atoms. The number of benzene rings is 1. The van der Waals surface area contributed by atoms with Crippen LogP contribution in [0, 0.1) is 5.92 Å². The Morgan fingerprint density at radius 3 is 2.55 bits per heavy atom. The average Bonchev–Trinajstić information content (AvgIpc) is 3.32. The van der Waals surface area contributed by atoms with Crippen molar-refractivity contribution in [2.24, 2.45) is 5.92 Å². The van der Waals surface area contributed by atoms with E-state index >= 15 is 0 Å². The lowest BCUT2D eigenvalue weighted by atomic mass is 10.1. The van der Waals surface area contributed by atoms with Crippen LogP contribution in [0.3, 0.4) is 0 Å². The minimum Gasteiger partial charge on any atom is -0.391 e. The van der Waals surface area contributed by atoms with Crippen LogP contribution in [0.2, 0.25) is 0 Å². The van der Waals surface area contributed by atoms with E-state index in [1.807, 2.05) is 13.0 Å². The van der Waals surface area contributed by atoms with Gasteiger partial charge in [0, 0.05) is 31.6 Å². The summed E-state index contributed by atoms with van der Waals surface area (Å²) >= 11 is 0. The SMILES string of the molecule is CC(CC(=O)N(C)CC(O)C1CC1)NC(=O)c1ccccc1. The van der Waals surface area contributed by atoms with E-state index in [-0.39, 0.29) is 24.3 Å². The number of nitrogens with one attached hydrogen (secondary N) is 1. The van der Waals surface area contributed by atoms with Gasteiger partial charge in [0.2, 0.25) is 5.91 Å². The van der Waals surface area contributed by atoms with Crippen molar-refractivity contribution in [2.75, 3.05) is 13.6 Å². The van der Waals surface area contributed by atoms with Crippen LogP contribution in [0.4, 0.5) is 0 Å². The number of carbonyl (C=O) groups is 2. The van der Waals surface area contributed by atoms with Crippen LogP contribution in [0.25, 0.3) is 0 Å². The molecule has 2 atom stereocenters. The molecule has 0 aromatic heterocycles. The highest BCUT2D eigenvalue weighted by molar-refractivity contribution is 5.94. The molecule has 1 aromatic rings. The molecule has 2 N–H and O–H groups in total. The van der Waals surface area contributed by atoms with Crippen LogP contribution in [0.15, 0.2) is 30.3 Å². The standard InChI is InChI=1S/C17H24N2O3/c1-12(18-17(22)14-6-4-3-5-7-14)10-16(21)19(2)11-15(20)13-8-9-13/h3-7,12-13,15,20H,8-11H2,1-2H3,(H,18,22). The van der Waals surface area contributed by atoms with Crippen LogP contribution in [0.5, 0.6) is 0 Å². The quantitative estimate of drug-likeness (QED) is 0.800. The summed E-state index contributed by atoms with van der Waals surface area (Å²) in [5, 5.41) is 12.7. The van der Waals surface area contributed by atoms with E-state index in [1.165, 1.54) is 0 Å². The van der Waals surface area contributed by atoms with Gasteiger partial charge in [-0.2, -0.15) is 0 Å². The number of nitrogens with zero attached hydrogens (tertiary/aromatic N) is 1. The Hall–Kier alpha value is -1.88. The van der Waals surface area contributed by atoms with E-state index in [9.17, 15) is 14.7 Å². The molecular formula is C17H24N2O3. The van der Waals surface area contributed by atoms with Gasteiger partial charge in [-0.25, -0.2) is 0 Å². The summed E-state index contributed by atoms with van der Waals surface area (Å²) in [7, 11) is 1.69. The van der Waals surface area contributed by atoms with Crippen LogP contribution in [-0.2, 0) is 4.79 Å². The number of aliphatic hydroxyl groups is 1. The van der Waals surface area contributed by atoms with Crippen molar-refractivity contribution in [3.8, 4) is 0 Å². The second-order valence-corrected chi connectivity index (χ2v) is 6.12. The van der Waals surface area contributed by atoms with Crippen molar-refractivity contribution >= 4 is 11.8 Å². The van der Waals surface area contributed by atoms with Crippen molar-refractivity contribution in [3.05, 3.63) is 35.9 Å². The van der Waals surface area contributed by atoms with Gasteiger partial charge in [0.25, 0.3) is 5.91 Å². The maximum Gasteiger partial charge on any atom is 0.251 e. The fourth-order valence-corrected chi connectivity index (χ4v) is 2.38. The number of amides is 2. The van der Waals surface area contributed by atoms with Gasteiger partial charge in [-0.1, -0.05) is 18.2 Å². The zero-order chi connectivity index (χ0) is 16.1. The van der Waals surface area contributed by atoms with E-state index in [0.717, 1.165) is 12.8 Å². The zero-order valence-corrected chi connectivity index (χ0v) is 13.2. The molecule has 1 aliphatic carbocycles. The molecule has 0 aliphatic heterocycles. The topological polar surface area (TPSA) is 69.6 Å². The normalized spacial score (nSPS) is 16.7. The molecule has 0 heterocycles. The number of likely N-dealkylation sites (N-methyl/N-ethyl adjacent to an activating group) is 1. The Kier molecular flexibility index (Phi) is 5.55. The third-order valence-electron chi connectivity index (χ3n) is 3.95. The maximum absolute atomic E-state index is 12.1. The number of carbonyl (C=O) groups excluding carboxylic acids is 2. The second kappa shape index (κ2) is 7.40. The molecule has 0 saturated heterocycles. The Morgan fingerprint density at radius 2 is 1.95 bits per heavy atom. The number of aliphatic hydroxyl groups excluding tert-OH is 1. The van der Waals surface area contributed by atoms with Crippen molar-refractivity contribution in [1.82, 2.24) is 10.2 Å². The first-order valence-corrected chi connectivity index (χ1v) is 7.75. The highest BCUT2D eigenvalue weighted by Gasteiger charge is 2.31. The number of hydrogen-bond donors (Lipinski definition) is 2. The first kappa shape index (κ1) is 16.5. The third kappa shape index (κ3) is 4.84. The predicted molar refractivity (Wildman–Crippen MR) is 84.4 cm³/mol. The fraction of sp³-hybridized carbons (Fsp3) is 0.529. The summed E-state index contributed by atoms with van der Waals surface area (Å²) in [5.74, 6) is 0.104. The lowest BCUT2D eigenvalue weighted by Gasteiger charge is -2.22. The van der Waals surface area contributed by atoms with Gasteiger partial charge in [-0.3, -0.25) is 9.59 Å². The highest BCUT2D eigenvalue weighted by Crippen LogP contribution is 2.32. The molecule has 1 fully saturated rings. The fourth-order valence-electron chi connectivity index (χ4n) is 2.38. The number of rotatable bonds is 7. The van der Waals surface area contributed by atoms with Crippen LogP contribution < -0.4 is 5.32 Å². The van der Waals surface area contributed by atoms with E-state index in [0.29, 0.717) is 18.0 Å². The van der Waals surface area contributed by atoms with E-state index in [4.69, 9.17) is 0 Å². The first-order valence-electron chi connectivity index (χ1n) is 7.75. The summed E-state index contributed by atoms with van der Waals surface area (Å²) in [5.41, 5.74) is 0.583. The average molecular weight is 304 g/mol. The van der Waals surface area contributed by atoms with Crippen LogP contribution in [-0.4, -0.2) is 47.6 Å². The van der Waals surface area contributed by atoms with Crippen molar-refractivity contribution in [2.45, 2.75) is 38.3 Å². The lowest BCUT2D eigenvalue weighted by Crippen LogP contribution is -2.40. The molecular weight excluding hydrogens is 280 g/mol. The second-order valence-electron chi connectivity index (χ2n) is 6.12. The van der Waals surface area contributed by atoms with E-state index in [1.54, 1.807) is 36.2 Å². The molecule has 1 saturated carbocycles.